The first kappa shape index (κ1) is 13.6. The quantitative estimate of drug-likeness (QED) is 0.827. The number of piperidine rings is 1. The Hall–Kier alpha value is -1.39. The van der Waals surface area contributed by atoms with Crippen LogP contribution in [-0.4, -0.2) is 49.2 Å². The second kappa shape index (κ2) is 5.54. The van der Waals surface area contributed by atoms with Gasteiger partial charge in [-0.3, -0.25) is 0 Å². The van der Waals surface area contributed by atoms with E-state index in [-0.39, 0.29) is 5.97 Å². The van der Waals surface area contributed by atoms with E-state index >= 15 is 0 Å². The topological polar surface area (TPSA) is 32.8 Å². The molecule has 0 bridgehead atoms. The maximum absolute atomic E-state index is 12.1. The monoisotopic (exact) mass is 274 g/mol. The number of hydrogen-bond acceptors (Lipinski definition) is 4. The highest BCUT2D eigenvalue weighted by Gasteiger charge is 2.41. The highest BCUT2D eigenvalue weighted by molar-refractivity contribution is 5.89. The standard InChI is InChI=1S/C16H22N2O2/c1-17-11-9-16(12-17)8-5-10-18(13-16)20-15(19)14-6-3-2-4-7-14/h2-4,6-7H,5,8-13H2,1H3. The summed E-state index contributed by atoms with van der Waals surface area (Å²) in [5.74, 6) is -0.242. The lowest BCUT2D eigenvalue weighted by atomic mass is 9.80. The third-order valence-electron chi connectivity index (χ3n) is 4.48. The molecule has 1 aromatic rings. The fourth-order valence-corrected chi connectivity index (χ4v) is 3.48. The molecular formula is C16H22N2O2. The molecule has 2 aliphatic heterocycles. The molecule has 1 spiro atoms. The van der Waals surface area contributed by atoms with E-state index in [9.17, 15) is 4.79 Å². The first-order valence-corrected chi connectivity index (χ1v) is 7.38. The Labute approximate surface area is 120 Å². The minimum atomic E-state index is -0.242. The van der Waals surface area contributed by atoms with Gasteiger partial charge in [-0.15, -0.1) is 5.06 Å². The zero-order chi connectivity index (χ0) is 14.0. The van der Waals surface area contributed by atoms with Crippen molar-refractivity contribution in [1.82, 2.24) is 9.96 Å². The van der Waals surface area contributed by atoms with Crippen molar-refractivity contribution in [2.24, 2.45) is 5.41 Å². The fraction of sp³-hybridized carbons (Fsp3) is 0.562. The van der Waals surface area contributed by atoms with Crippen LogP contribution < -0.4 is 0 Å². The molecular weight excluding hydrogens is 252 g/mol. The molecule has 4 nitrogen and oxygen atoms in total. The van der Waals surface area contributed by atoms with E-state index in [0.717, 1.165) is 32.6 Å². The van der Waals surface area contributed by atoms with Crippen molar-refractivity contribution in [3.63, 3.8) is 0 Å². The van der Waals surface area contributed by atoms with E-state index in [0.29, 0.717) is 11.0 Å². The zero-order valence-electron chi connectivity index (χ0n) is 12.0. The molecule has 2 saturated heterocycles. The molecule has 1 atom stereocenters. The van der Waals surface area contributed by atoms with E-state index in [1.54, 1.807) is 12.1 Å². The molecule has 2 heterocycles. The van der Waals surface area contributed by atoms with Gasteiger partial charge >= 0.3 is 5.97 Å². The molecule has 0 radical (unpaired) electrons. The van der Waals surface area contributed by atoms with Gasteiger partial charge in [0.1, 0.15) is 0 Å². The Morgan fingerprint density at radius 3 is 2.65 bits per heavy atom. The highest BCUT2D eigenvalue weighted by Crippen LogP contribution is 2.38. The maximum Gasteiger partial charge on any atom is 0.357 e. The van der Waals surface area contributed by atoms with Gasteiger partial charge in [0.15, 0.2) is 0 Å². The number of hydrogen-bond donors (Lipinski definition) is 0. The lowest BCUT2D eigenvalue weighted by Gasteiger charge is -2.38. The summed E-state index contributed by atoms with van der Waals surface area (Å²) in [5, 5.41) is 1.87. The van der Waals surface area contributed by atoms with E-state index in [4.69, 9.17) is 4.84 Å². The van der Waals surface area contributed by atoms with Crippen molar-refractivity contribution in [3.8, 4) is 0 Å². The molecule has 3 rings (SSSR count). The van der Waals surface area contributed by atoms with Gasteiger partial charge in [-0.2, -0.15) is 0 Å². The molecule has 2 aliphatic rings. The molecule has 0 amide bonds. The highest BCUT2D eigenvalue weighted by atomic mass is 16.7. The molecule has 0 saturated carbocycles. The number of likely N-dealkylation sites (tertiary alicyclic amines) is 1. The molecule has 1 aromatic carbocycles. The number of rotatable bonds is 2. The van der Waals surface area contributed by atoms with E-state index in [1.165, 1.54) is 12.8 Å². The van der Waals surface area contributed by atoms with Gasteiger partial charge in [-0.05, 0) is 45.0 Å². The van der Waals surface area contributed by atoms with Crippen LogP contribution in [0, 0.1) is 5.41 Å². The number of carbonyl (C=O) groups excluding carboxylic acids is 1. The predicted molar refractivity (Wildman–Crippen MR) is 77.2 cm³/mol. The van der Waals surface area contributed by atoms with Crippen LogP contribution in [0.15, 0.2) is 30.3 Å². The zero-order valence-corrected chi connectivity index (χ0v) is 12.0. The molecule has 1 unspecified atom stereocenters. The molecule has 2 fully saturated rings. The number of benzene rings is 1. The summed E-state index contributed by atoms with van der Waals surface area (Å²) in [4.78, 5) is 20.1. The van der Waals surface area contributed by atoms with Crippen molar-refractivity contribution in [3.05, 3.63) is 35.9 Å². The molecule has 20 heavy (non-hydrogen) atoms. The van der Waals surface area contributed by atoms with Crippen molar-refractivity contribution in [2.75, 3.05) is 33.2 Å². The Morgan fingerprint density at radius 1 is 1.15 bits per heavy atom. The van der Waals surface area contributed by atoms with Crippen molar-refractivity contribution in [1.29, 1.82) is 0 Å². The Kier molecular flexibility index (Phi) is 3.76. The van der Waals surface area contributed by atoms with Gasteiger partial charge in [-0.25, -0.2) is 4.79 Å². The van der Waals surface area contributed by atoms with Crippen LogP contribution in [0.4, 0.5) is 0 Å². The maximum atomic E-state index is 12.1. The second-order valence-corrected chi connectivity index (χ2v) is 6.20. The van der Waals surface area contributed by atoms with Crippen molar-refractivity contribution >= 4 is 5.97 Å². The largest absolute Gasteiger partial charge is 0.364 e. The van der Waals surface area contributed by atoms with E-state index in [1.807, 2.05) is 23.3 Å². The molecule has 4 heteroatoms. The first-order valence-electron chi connectivity index (χ1n) is 7.38. The molecule has 0 N–H and O–H groups in total. The summed E-state index contributed by atoms with van der Waals surface area (Å²) < 4.78 is 0. The van der Waals surface area contributed by atoms with Gasteiger partial charge in [0.05, 0.1) is 5.56 Å². The number of carbonyl (C=O) groups is 1. The molecule has 0 aliphatic carbocycles. The Balaban J connectivity index is 1.62. The van der Waals surface area contributed by atoms with Crippen LogP contribution >= 0.6 is 0 Å². The summed E-state index contributed by atoms with van der Waals surface area (Å²) in [7, 11) is 2.17. The summed E-state index contributed by atoms with van der Waals surface area (Å²) in [6.07, 6.45) is 3.57. The van der Waals surface area contributed by atoms with E-state index < -0.39 is 0 Å². The van der Waals surface area contributed by atoms with E-state index in [2.05, 4.69) is 11.9 Å². The fourth-order valence-electron chi connectivity index (χ4n) is 3.48. The first-order chi connectivity index (χ1) is 9.67. The SMILES string of the molecule is CN1CCC2(CCCN(OC(=O)c3ccccc3)C2)C1. The minimum Gasteiger partial charge on any atom is -0.364 e. The normalized spacial score (nSPS) is 27.9. The van der Waals surface area contributed by atoms with Crippen LogP contribution in [0.25, 0.3) is 0 Å². The van der Waals surface area contributed by atoms with Crippen molar-refractivity contribution in [2.45, 2.75) is 19.3 Å². The van der Waals surface area contributed by atoms with Gasteiger partial charge < -0.3 is 9.74 Å². The Morgan fingerprint density at radius 2 is 1.95 bits per heavy atom. The van der Waals surface area contributed by atoms with Crippen LogP contribution in [0.2, 0.25) is 0 Å². The second-order valence-electron chi connectivity index (χ2n) is 6.20. The van der Waals surface area contributed by atoms with Crippen LogP contribution in [0.3, 0.4) is 0 Å². The molecule has 108 valence electrons. The van der Waals surface area contributed by atoms with Gasteiger partial charge in [0, 0.05) is 25.0 Å². The van der Waals surface area contributed by atoms with Gasteiger partial charge in [0.2, 0.25) is 0 Å². The average molecular weight is 274 g/mol. The summed E-state index contributed by atoms with van der Waals surface area (Å²) >= 11 is 0. The lowest BCUT2D eigenvalue weighted by Crippen LogP contribution is -2.45. The third-order valence-corrected chi connectivity index (χ3v) is 4.48. The summed E-state index contributed by atoms with van der Waals surface area (Å²) in [6, 6.07) is 9.22. The number of hydroxylamine groups is 2. The third kappa shape index (κ3) is 2.86. The van der Waals surface area contributed by atoms with Crippen molar-refractivity contribution < 1.29 is 9.63 Å². The minimum absolute atomic E-state index is 0.242. The van der Waals surface area contributed by atoms with Gasteiger partial charge in [-0.1, -0.05) is 18.2 Å². The average Bonchev–Trinajstić information content (AvgIpc) is 2.80. The molecule has 0 aromatic heterocycles. The van der Waals surface area contributed by atoms with Crippen LogP contribution in [0.1, 0.15) is 29.6 Å². The predicted octanol–water partition coefficient (Wildman–Crippen LogP) is 2.18. The Bertz CT molecular complexity index is 473. The smallest absolute Gasteiger partial charge is 0.357 e. The van der Waals surface area contributed by atoms with Crippen LogP contribution in [-0.2, 0) is 4.84 Å². The lowest BCUT2D eigenvalue weighted by molar-refractivity contribution is -0.146. The summed E-state index contributed by atoms with van der Waals surface area (Å²) in [5.41, 5.74) is 0.944. The van der Waals surface area contributed by atoms with Crippen LogP contribution in [0.5, 0.6) is 0 Å². The number of nitrogens with zero attached hydrogens (tertiary/aromatic N) is 2. The summed E-state index contributed by atoms with van der Waals surface area (Å²) in [6.45, 7) is 3.99. The van der Waals surface area contributed by atoms with Gasteiger partial charge in [0.25, 0.3) is 0 Å².